The first-order valence-electron chi connectivity index (χ1n) is 4.22. The molecule has 2 N–H and O–H groups in total. The van der Waals surface area contributed by atoms with Crippen LogP contribution in [0.5, 0.6) is 0 Å². The molecule has 1 rings (SSSR count). The van der Waals surface area contributed by atoms with Crippen molar-refractivity contribution in [1.29, 1.82) is 0 Å². The van der Waals surface area contributed by atoms with Gasteiger partial charge in [-0.2, -0.15) is 0 Å². The molecule has 5 heteroatoms. The lowest BCUT2D eigenvalue weighted by atomic mass is 9.97. The summed E-state index contributed by atoms with van der Waals surface area (Å²) in [5.74, 6) is -0.285. The maximum Gasteiger partial charge on any atom is 0.313 e. The molecule has 1 saturated heterocycles. The average Bonchev–Trinajstić information content (AvgIpc) is 2.04. The number of hydrogen-bond donors (Lipinski definition) is 2. The lowest BCUT2D eigenvalue weighted by molar-refractivity contribution is -0.133. The molecule has 0 unspecified atom stereocenters. The van der Waals surface area contributed by atoms with Crippen molar-refractivity contribution in [2.75, 3.05) is 24.7 Å². The molecule has 0 aromatic heterocycles. The third kappa shape index (κ3) is 3.97. The molecule has 0 bridgehead atoms. The monoisotopic (exact) mass is 206 g/mol. The van der Waals surface area contributed by atoms with Gasteiger partial charge in [0.15, 0.2) is 0 Å². The van der Waals surface area contributed by atoms with Gasteiger partial charge in [0.25, 0.3) is 0 Å². The molecule has 4 nitrogen and oxygen atoms in total. The Morgan fingerprint density at radius 3 is 2.62 bits per heavy atom. The second kappa shape index (κ2) is 4.83. The smallest absolute Gasteiger partial charge is 0.313 e. The molecule has 0 saturated carbocycles. The Kier molecular flexibility index (Phi) is 4.02. The fourth-order valence-corrected chi connectivity index (χ4v) is 2.17. The Morgan fingerprint density at radius 1 is 1.46 bits per heavy atom. The van der Waals surface area contributed by atoms with Crippen LogP contribution in [0.1, 0.15) is 12.8 Å². The van der Waals surface area contributed by atoms with Crippen LogP contribution >= 0.6 is 11.8 Å². The van der Waals surface area contributed by atoms with Crippen LogP contribution in [-0.4, -0.2) is 46.5 Å². The topological polar surface area (TPSA) is 66.8 Å². The van der Waals surface area contributed by atoms with Gasteiger partial charge in [-0.25, -0.2) is 0 Å². The van der Waals surface area contributed by atoms with E-state index in [2.05, 4.69) is 0 Å². The zero-order valence-corrected chi connectivity index (χ0v) is 8.18. The van der Waals surface area contributed by atoms with Crippen LogP contribution in [0, 0.1) is 0 Å². The normalized spacial score (nSPS) is 21.3. The maximum atomic E-state index is 10.2. The van der Waals surface area contributed by atoms with E-state index in [1.54, 1.807) is 0 Å². The van der Waals surface area contributed by atoms with E-state index in [0.29, 0.717) is 31.8 Å². The number of thioether (sulfide) groups is 1. The third-order valence-corrected chi connectivity index (χ3v) is 3.21. The van der Waals surface area contributed by atoms with Crippen LogP contribution in [0.25, 0.3) is 0 Å². The van der Waals surface area contributed by atoms with E-state index in [0.717, 1.165) is 0 Å². The van der Waals surface area contributed by atoms with Gasteiger partial charge in [0.2, 0.25) is 0 Å². The van der Waals surface area contributed by atoms with Crippen LogP contribution in [0.4, 0.5) is 0 Å². The fourth-order valence-electron chi connectivity index (χ4n) is 1.22. The lowest BCUT2D eigenvalue weighted by Crippen LogP contribution is -2.38. The van der Waals surface area contributed by atoms with Crippen molar-refractivity contribution in [3.8, 4) is 0 Å². The highest BCUT2D eigenvalue weighted by Crippen LogP contribution is 2.24. The van der Waals surface area contributed by atoms with E-state index in [1.807, 2.05) is 0 Å². The van der Waals surface area contributed by atoms with Crippen molar-refractivity contribution in [3.63, 3.8) is 0 Å². The predicted molar refractivity (Wildman–Crippen MR) is 50.0 cm³/mol. The van der Waals surface area contributed by atoms with Crippen molar-refractivity contribution >= 4 is 17.7 Å². The largest absolute Gasteiger partial charge is 0.481 e. The quantitative estimate of drug-likeness (QED) is 0.694. The Balaban J connectivity index is 2.21. The predicted octanol–water partition coefficient (Wildman–Crippen LogP) is 0.346. The first-order chi connectivity index (χ1) is 6.12. The molecule has 0 amide bonds. The standard InChI is InChI=1S/C8H14O4S/c9-7(10)5-13-6-8(11)1-3-12-4-2-8/h11H,1-6H2,(H,9,10). The van der Waals surface area contributed by atoms with Gasteiger partial charge < -0.3 is 14.9 Å². The molecule has 76 valence electrons. The molecule has 0 aromatic carbocycles. The molecule has 1 aliphatic rings. The van der Waals surface area contributed by atoms with Crippen LogP contribution in [-0.2, 0) is 9.53 Å². The summed E-state index contributed by atoms with van der Waals surface area (Å²) in [6, 6.07) is 0. The van der Waals surface area contributed by atoms with E-state index < -0.39 is 11.6 Å². The van der Waals surface area contributed by atoms with Crippen LogP contribution in [0.15, 0.2) is 0 Å². The molecule has 0 atom stereocenters. The summed E-state index contributed by atoms with van der Waals surface area (Å²) in [6.45, 7) is 1.15. The van der Waals surface area contributed by atoms with Gasteiger partial charge in [-0.1, -0.05) is 0 Å². The Morgan fingerprint density at radius 2 is 2.08 bits per heavy atom. The van der Waals surface area contributed by atoms with E-state index in [-0.39, 0.29) is 5.75 Å². The Bertz CT molecular complexity index is 177. The van der Waals surface area contributed by atoms with E-state index in [4.69, 9.17) is 9.84 Å². The highest BCUT2D eigenvalue weighted by Gasteiger charge is 2.29. The van der Waals surface area contributed by atoms with Crippen molar-refractivity contribution < 1.29 is 19.7 Å². The fraction of sp³-hybridized carbons (Fsp3) is 0.875. The second-order valence-corrected chi connectivity index (χ2v) is 4.21. The number of ether oxygens (including phenoxy) is 1. The highest BCUT2D eigenvalue weighted by atomic mass is 32.2. The molecule has 13 heavy (non-hydrogen) atoms. The minimum absolute atomic E-state index is 0.0587. The summed E-state index contributed by atoms with van der Waals surface area (Å²) in [6.07, 6.45) is 1.22. The molecule has 0 aliphatic carbocycles. The van der Waals surface area contributed by atoms with Gasteiger partial charge in [0.05, 0.1) is 11.4 Å². The number of aliphatic carboxylic acids is 1. The van der Waals surface area contributed by atoms with E-state index in [9.17, 15) is 9.90 Å². The molecule has 1 fully saturated rings. The molecule has 1 heterocycles. The lowest BCUT2D eigenvalue weighted by Gasteiger charge is -2.31. The molecular formula is C8H14O4S. The van der Waals surface area contributed by atoms with Gasteiger partial charge in [-0.3, -0.25) is 4.79 Å². The van der Waals surface area contributed by atoms with Crippen LogP contribution in [0.3, 0.4) is 0 Å². The van der Waals surface area contributed by atoms with Crippen molar-refractivity contribution in [2.45, 2.75) is 18.4 Å². The molecular weight excluding hydrogens is 192 g/mol. The van der Waals surface area contributed by atoms with Crippen molar-refractivity contribution in [2.24, 2.45) is 0 Å². The van der Waals surface area contributed by atoms with E-state index in [1.165, 1.54) is 11.8 Å². The molecule has 0 aromatic rings. The van der Waals surface area contributed by atoms with Gasteiger partial charge >= 0.3 is 5.97 Å². The average molecular weight is 206 g/mol. The zero-order valence-electron chi connectivity index (χ0n) is 7.36. The summed E-state index contributed by atoms with van der Waals surface area (Å²) in [5.41, 5.74) is -0.710. The summed E-state index contributed by atoms with van der Waals surface area (Å²) in [4.78, 5) is 10.2. The number of carboxylic acid groups (broad SMARTS) is 1. The number of aliphatic hydroxyl groups is 1. The summed E-state index contributed by atoms with van der Waals surface area (Å²) >= 11 is 1.26. The van der Waals surface area contributed by atoms with Gasteiger partial charge in [0.1, 0.15) is 0 Å². The van der Waals surface area contributed by atoms with Gasteiger partial charge in [-0.05, 0) is 0 Å². The molecule has 0 spiro atoms. The summed E-state index contributed by atoms with van der Waals surface area (Å²) in [5, 5.41) is 18.3. The first kappa shape index (κ1) is 10.8. The number of carbonyl (C=O) groups is 1. The second-order valence-electron chi connectivity index (χ2n) is 3.22. The number of hydrogen-bond acceptors (Lipinski definition) is 4. The minimum Gasteiger partial charge on any atom is -0.481 e. The number of carboxylic acids is 1. The maximum absolute atomic E-state index is 10.2. The Hall–Kier alpha value is -0.260. The van der Waals surface area contributed by atoms with Gasteiger partial charge in [0, 0.05) is 31.8 Å². The highest BCUT2D eigenvalue weighted by molar-refractivity contribution is 8.00. The van der Waals surface area contributed by atoms with E-state index >= 15 is 0 Å². The third-order valence-electron chi connectivity index (χ3n) is 2.02. The minimum atomic E-state index is -0.833. The number of rotatable bonds is 4. The van der Waals surface area contributed by atoms with Crippen LogP contribution < -0.4 is 0 Å². The summed E-state index contributed by atoms with van der Waals surface area (Å²) in [7, 11) is 0. The first-order valence-corrected chi connectivity index (χ1v) is 5.37. The van der Waals surface area contributed by atoms with Crippen molar-refractivity contribution in [1.82, 2.24) is 0 Å². The molecule has 0 radical (unpaired) electrons. The Labute approximate surface area is 81.3 Å². The van der Waals surface area contributed by atoms with Gasteiger partial charge in [-0.15, -0.1) is 11.8 Å². The van der Waals surface area contributed by atoms with Crippen molar-refractivity contribution in [3.05, 3.63) is 0 Å². The van der Waals surface area contributed by atoms with Crippen LogP contribution in [0.2, 0.25) is 0 Å². The summed E-state index contributed by atoms with van der Waals surface area (Å²) < 4.78 is 5.11. The SMILES string of the molecule is O=C(O)CSCC1(O)CCOCC1. The zero-order chi connectivity index (χ0) is 9.73. The molecule has 1 aliphatic heterocycles.